The first-order valence-corrected chi connectivity index (χ1v) is 12.3. The summed E-state index contributed by atoms with van der Waals surface area (Å²) in [4.78, 5) is 0. The van der Waals surface area contributed by atoms with E-state index in [2.05, 4.69) is 29.8 Å². The highest BCUT2D eigenvalue weighted by molar-refractivity contribution is 9.09. The van der Waals surface area contributed by atoms with Crippen molar-refractivity contribution in [3.8, 4) is 0 Å². The van der Waals surface area contributed by atoms with Crippen molar-refractivity contribution in [2.45, 2.75) is 77.2 Å². The molecule has 0 saturated heterocycles. The van der Waals surface area contributed by atoms with Gasteiger partial charge in [0.25, 0.3) is 0 Å². The van der Waals surface area contributed by atoms with Crippen molar-refractivity contribution >= 4 is 15.9 Å². The highest BCUT2D eigenvalue weighted by Crippen LogP contribution is 2.65. The first kappa shape index (κ1) is 19.7. The van der Waals surface area contributed by atoms with Crippen LogP contribution in [0.15, 0.2) is 0 Å². The van der Waals surface area contributed by atoms with Gasteiger partial charge in [0.1, 0.15) is 0 Å². The number of rotatable bonds is 4. The molecule has 1 unspecified atom stereocenters. The Morgan fingerprint density at radius 2 is 1.81 bits per heavy atom. The molecule has 0 spiro atoms. The molecule has 4 aliphatic carbocycles. The Labute approximate surface area is 169 Å². The number of hydrogen-bond acceptors (Lipinski definition) is 2. The minimum atomic E-state index is -0.546. The molecule has 2 nitrogen and oxygen atoms in total. The lowest BCUT2D eigenvalue weighted by Gasteiger charge is -2.57. The third-order valence-corrected chi connectivity index (χ3v) is 10.5. The number of fused-ring (bicyclic) bond motifs is 5. The van der Waals surface area contributed by atoms with Crippen molar-refractivity contribution in [2.75, 3.05) is 19.0 Å². The Kier molecular flexibility index (Phi) is 5.56. The number of aliphatic hydroxyl groups is 1. The van der Waals surface area contributed by atoms with E-state index in [-0.39, 0.29) is 0 Å². The van der Waals surface area contributed by atoms with Crippen LogP contribution in [0.1, 0.15) is 71.6 Å². The van der Waals surface area contributed by atoms with Gasteiger partial charge in [-0.2, -0.15) is 0 Å². The molecule has 0 aromatic carbocycles. The van der Waals surface area contributed by atoms with Crippen LogP contribution in [0.3, 0.4) is 0 Å². The molecule has 0 aromatic heterocycles. The van der Waals surface area contributed by atoms with Gasteiger partial charge in [-0.15, -0.1) is 0 Å². The fourth-order valence-corrected chi connectivity index (χ4v) is 8.90. The molecule has 4 rings (SSSR count). The maximum absolute atomic E-state index is 10.9. The van der Waals surface area contributed by atoms with Gasteiger partial charge < -0.3 is 9.84 Å². The monoisotopic (exact) mass is 426 g/mol. The van der Waals surface area contributed by atoms with E-state index < -0.39 is 5.60 Å². The quantitative estimate of drug-likeness (QED) is 0.587. The molecular formula is C23H39BrO2. The van der Waals surface area contributed by atoms with Crippen molar-refractivity contribution in [3.63, 3.8) is 0 Å². The molecule has 0 aliphatic heterocycles. The first-order chi connectivity index (χ1) is 12.4. The van der Waals surface area contributed by atoms with Gasteiger partial charge >= 0.3 is 0 Å². The summed E-state index contributed by atoms with van der Waals surface area (Å²) in [6.07, 6.45) is 11.8. The normalized spacial score (nSPS) is 52.0. The Balaban J connectivity index is 1.49. The molecule has 0 heterocycles. The minimum Gasteiger partial charge on any atom is -0.387 e. The van der Waals surface area contributed by atoms with Crippen LogP contribution >= 0.6 is 15.9 Å². The molecule has 9 atom stereocenters. The Morgan fingerprint density at radius 3 is 2.54 bits per heavy atom. The topological polar surface area (TPSA) is 29.5 Å². The maximum atomic E-state index is 10.9. The molecule has 1 N–H and O–H groups in total. The number of methoxy groups -OCH3 is 1. The summed E-state index contributed by atoms with van der Waals surface area (Å²) < 4.78 is 5.33. The van der Waals surface area contributed by atoms with Crippen LogP contribution in [0.2, 0.25) is 0 Å². The van der Waals surface area contributed by atoms with E-state index in [0.29, 0.717) is 12.0 Å². The van der Waals surface area contributed by atoms with Crippen molar-refractivity contribution < 1.29 is 9.84 Å². The van der Waals surface area contributed by atoms with E-state index in [9.17, 15) is 5.11 Å². The largest absolute Gasteiger partial charge is 0.387 e. The number of alkyl halides is 1. The van der Waals surface area contributed by atoms with E-state index in [1.165, 1.54) is 44.9 Å². The van der Waals surface area contributed by atoms with Crippen molar-refractivity contribution in [1.29, 1.82) is 0 Å². The Morgan fingerprint density at radius 1 is 1.04 bits per heavy atom. The summed E-state index contributed by atoms with van der Waals surface area (Å²) in [5.41, 5.74) is 0.0440. The van der Waals surface area contributed by atoms with Crippen molar-refractivity contribution in [2.24, 2.45) is 46.8 Å². The summed E-state index contributed by atoms with van der Waals surface area (Å²) in [6, 6.07) is 0. The minimum absolute atomic E-state index is 0.525. The molecule has 150 valence electrons. The molecule has 0 amide bonds. The second-order valence-corrected chi connectivity index (χ2v) is 11.3. The van der Waals surface area contributed by atoms with Gasteiger partial charge in [0.2, 0.25) is 0 Å². The van der Waals surface area contributed by atoms with E-state index in [1.54, 1.807) is 7.11 Å². The average molecular weight is 427 g/mol. The predicted molar refractivity (Wildman–Crippen MR) is 110 cm³/mol. The summed E-state index contributed by atoms with van der Waals surface area (Å²) >= 11 is 3.77. The van der Waals surface area contributed by atoms with E-state index >= 15 is 0 Å². The van der Waals surface area contributed by atoms with Crippen LogP contribution in [0, 0.1) is 46.8 Å². The van der Waals surface area contributed by atoms with Gasteiger partial charge in [0, 0.05) is 12.4 Å². The average Bonchev–Trinajstić information content (AvgIpc) is 2.98. The molecule has 0 aromatic rings. The van der Waals surface area contributed by atoms with Crippen LogP contribution in [0.4, 0.5) is 0 Å². The highest BCUT2D eigenvalue weighted by Gasteiger charge is 2.58. The van der Waals surface area contributed by atoms with E-state index in [1.807, 2.05) is 0 Å². The fraction of sp³-hybridized carbons (Fsp3) is 1.00. The summed E-state index contributed by atoms with van der Waals surface area (Å²) in [6.45, 7) is 5.64. The van der Waals surface area contributed by atoms with Gasteiger partial charge in [0.05, 0.1) is 12.2 Å². The molecule has 0 bridgehead atoms. The van der Waals surface area contributed by atoms with Gasteiger partial charge in [-0.05, 0) is 105 Å². The summed E-state index contributed by atoms with van der Waals surface area (Å²) in [5.74, 6) is 6.23. The zero-order valence-corrected chi connectivity index (χ0v) is 18.6. The highest BCUT2D eigenvalue weighted by atomic mass is 79.9. The summed E-state index contributed by atoms with van der Waals surface area (Å²) in [7, 11) is 1.73. The third kappa shape index (κ3) is 3.12. The van der Waals surface area contributed by atoms with Crippen molar-refractivity contribution in [3.05, 3.63) is 0 Å². The molecule has 0 radical (unpaired) electrons. The van der Waals surface area contributed by atoms with Crippen LogP contribution < -0.4 is 0 Å². The molecule has 26 heavy (non-hydrogen) atoms. The van der Waals surface area contributed by atoms with Crippen LogP contribution in [-0.2, 0) is 4.74 Å². The lowest BCUT2D eigenvalue weighted by atomic mass is 9.48. The number of ether oxygens (including phenoxy) is 1. The number of hydrogen-bond donors (Lipinski definition) is 1. The van der Waals surface area contributed by atoms with Gasteiger partial charge in [0.15, 0.2) is 0 Å². The molecule has 4 saturated carbocycles. The van der Waals surface area contributed by atoms with Crippen molar-refractivity contribution in [1.82, 2.24) is 0 Å². The Hall–Kier alpha value is 0.400. The smallest absolute Gasteiger partial charge is 0.0882 e. The third-order valence-electron chi connectivity index (χ3n) is 9.52. The zero-order chi connectivity index (χ0) is 18.5. The molecule has 4 fully saturated rings. The summed E-state index contributed by atoms with van der Waals surface area (Å²) in [5, 5.41) is 12.1. The SMILES string of the molecule is COC[C@@]1(O)CC[C@H]2[C@H](CC[C@@H]3[C@@H]2CC[C@]2(C)[C@@H](C(C)CBr)CC[C@@H]32)C1. The lowest BCUT2D eigenvalue weighted by Crippen LogP contribution is -2.52. The van der Waals surface area contributed by atoms with E-state index in [4.69, 9.17) is 4.74 Å². The van der Waals surface area contributed by atoms with Gasteiger partial charge in [-0.1, -0.05) is 29.8 Å². The van der Waals surface area contributed by atoms with E-state index in [0.717, 1.165) is 59.6 Å². The standard InChI is InChI=1S/C23H39BrO2/c1-15(13-24)20-6-7-21-19-5-4-16-12-23(25,14-26-3)11-9-17(16)18(19)8-10-22(20,21)2/h15-21,25H,4-14H2,1-3H3/t15?,16-,17+,18-,19-,20-,21+,22-,23-/m1/s1. The van der Waals surface area contributed by atoms with Crippen LogP contribution in [-0.4, -0.2) is 29.8 Å². The second kappa shape index (κ2) is 7.34. The van der Waals surface area contributed by atoms with Crippen LogP contribution in [0.25, 0.3) is 0 Å². The fourth-order valence-electron chi connectivity index (χ4n) is 8.45. The lowest BCUT2D eigenvalue weighted by molar-refractivity contribution is -0.125. The number of halogens is 1. The molecule has 4 aliphatic rings. The maximum Gasteiger partial charge on any atom is 0.0882 e. The first-order valence-electron chi connectivity index (χ1n) is 11.2. The second-order valence-electron chi connectivity index (χ2n) is 10.7. The molecule has 3 heteroatoms. The van der Waals surface area contributed by atoms with Gasteiger partial charge in [-0.25, -0.2) is 0 Å². The Bertz CT molecular complexity index is 510. The predicted octanol–water partition coefficient (Wildman–Crippen LogP) is 5.66. The van der Waals surface area contributed by atoms with Gasteiger partial charge in [-0.3, -0.25) is 0 Å². The molecular weight excluding hydrogens is 388 g/mol. The zero-order valence-electron chi connectivity index (χ0n) is 17.1. The van der Waals surface area contributed by atoms with Crippen LogP contribution in [0.5, 0.6) is 0 Å².